The topological polar surface area (TPSA) is 39.1 Å². The second-order valence-corrected chi connectivity index (χ2v) is 9.13. The minimum absolute atomic E-state index is 0.0305. The Morgan fingerprint density at radius 1 is 1.19 bits per heavy atom. The minimum atomic E-state index is 0.0305. The number of nitriles is 1. The monoisotopic (exact) mass is 363 g/mol. The molecular formula is C24H33N3. The van der Waals surface area contributed by atoms with Crippen LogP contribution in [0.15, 0.2) is 18.3 Å². The molecule has 0 spiro atoms. The molecule has 2 aliphatic carbocycles. The summed E-state index contributed by atoms with van der Waals surface area (Å²) in [5.74, 6) is 1.59. The van der Waals surface area contributed by atoms with Crippen LogP contribution in [0.5, 0.6) is 0 Å². The molecule has 0 amide bonds. The van der Waals surface area contributed by atoms with Gasteiger partial charge in [-0.05, 0) is 91.1 Å². The van der Waals surface area contributed by atoms with Crippen molar-refractivity contribution >= 4 is 0 Å². The van der Waals surface area contributed by atoms with E-state index in [9.17, 15) is 5.26 Å². The van der Waals surface area contributed by atoms with Crippen LogP contribution in [-0.4, -0.2) is 30.6 Å². The van der Waals surface area contributed by atoms with Crippen LogP contribution in [0.4, 0.5) is 0 Å². The molecule has 27 heavy (non-hydrogen) atoms. The van der Waals surface area contributed by atoms with Crippen molar-refractivity contribution < 1.29 is 0 Å². The fraction of sp³-hybridized carbons (Fsp3) is 0.625. The zero-order valence-corrected chi connectivity index (χ0v) is 17.0. The number of benzene rings is 1. The fourth-order valence-electron chi connectivity index (χ4n) is 5.55. The van der Waals surface area contributed by atoms with Crippen LogP contribution in [-0.2, 0) is 32.1 Å². The van der Waals surface area contributed by atoms with E-state index >= 15 is 0 Å². The van der Waals surface area contributed by atoms with Crippen LogP contribution in [0.25, 0.3) is 0 Å². The molecule has 144 valence electrons. The molecule has 1 saturated heterocycles. The number of fused-ring (bicyclic) bond motifs is 2. The van der Waals surface area contributed by atoms with Crippen LogP contribution in [0.2, 0.25) is 0 Å². The maximum absolute atomic E-state index is 9.27. The van der Waals surface area contributed by atoms with E-state index in [-0.39, 0.29) is 6.04 Å². The number of rotatable bonds is 6. The summed E-state index contributed by atoms with van der Waals surface area (Å²) in [5, 5.41) is 12.9. The second-order valence-electron chi connectivity index (χ2n) is 9.13. The fourth-order valence-corrected chi connectivity index (χ4v) is 5.55. The lowest BCUT2D eigenvalue weighted by molar-refractivity contribution is 0.361. The Labute approximate surface area is 164 Å². The Kier molecular flexibility index (Phi) is 5.28. The highest BCUT2D eigenvalue weighted by Gasteiger charge is 2.29. The molecule has 0 radical (unpaired) electrons. The molecule has 1 aliphatic heterocycles. The van der Waals surface area contributed by atoms with Crippen LogP contribution in [0.3, 0.4) is 0 Å². The maximum atomic E-state index is 9.27. The van der Waals surface area contributed by atoms with Crippen molar-refractivity contribution in [3.63, 3.8) is 0 Å². The van der Waals surface area contributed by atoms with Gasteiger partial charge in [0.2, 0.25) is 0 Å². The number of hydrogen-bond donors (Lipinski definition) is 1. The van der Waals surface area contributed by atoms with Crippen LogP contribution in [0, 0.1) is 23.2 Å². The summed E-state index contributed by atoms with van der Waals surface area (Å²) in [6.07, 6.45) is 8.26. The first-order valence-corrected chi connectivity index (χ1v) is 10.8. The first-order valence-electron chi connectivity index (χ1n) is 10.8. The second kappa shape index (κ2) is 7.68. The van der Waals surface area contributed by atoms with Crippen molar-refractivity contribution in [1.82, 2.24) is 10.2 Å². The summed E-state index contributed by atoms with van der Waals surface area (Å²) >= 11 is 0. The van der Waals surface area contributed by atoms with Crippen molar-refractivity contribution in [2.24, 2.45) is 11.8 Å². The molecular weight excluding hydrogens is 330 g/mol. The predicted octanol–water partition coefficient (Wildman–Crippen LogP) is 3.79. The van der Waals surface area contributed by atoms with Gasteiger partial charge in [-0.15, -0.1) is 0 Å². The van der Waals surface area contributed by atoms with Crippen molar-refractivity contribution in [3.8, 4) is 6.07 Å². The van der Waals surface area contributed by atoms with E-state index in [4.69, 9.17) is 0 Å². The normalized spacial score (nSPS) is 26.1. The lowest BCUT2D eigenvalue weighted by atomic mass is 9.92. The summed E-state index contributed by atoms with van der Waals surface area (Å²) in [4.78, 5) is 2.19. The number of nitrogens with zero attached hydrogens (tertiary/aromatic N) is 2. The standard InChI is InChI=1S/C24H33N3/c1-16-9-19-13-20-10-17(2)12-24(20)22(23(19)11-16)6-7-26-15-18(3)27-8-4-5-21(27)14-25/h13,16-17,21,26H,3-12,15H2,1-2H3. The van der Waals surface area contributed by atoms with Crippen LogP contribution >= 0.6 is 0 Å². The maximum Gasteiger partial charge on any atom is 0.116 e. The SMILES string of the molecule is C=C(CNCCc1c2c(cc3c1CC(C)C3)CC(C)C2)N1CCCC1C#N. The molecule has 1 heterocycles. The van der Waals surface area contributed by atoms with Gasteiger partial charge in [0.25, 0.3) is 0 Å². The molecule has 3 atom stereocenters. The molecule has 1 aromatic rings. The van der Waals surface area contributed by atoms with Crippen molar-refractivity contribution in [2.45, 2.75) is 64.8 Å². The van der Waals surface area contributed by atoms with Gasteiger partial charge in [0.15, 0.2) is 0 Å². The first kappa shape index (κ1) is 18.6. The Morgan fingerprint density at radius 3 is 2.48 bits per heavy atom. The molecule has 0 saturated carbocycles. The molecule has 1 N–H and O–H groups in total. The summed E-state index contributed by atoms with van der Waals surface area (Å²) in [7, 11) is 0. The third-order valence-corrected chi connectivity index (χ3v) is 6.78. The largest absolute Gasteiger partial charge is 0.358 e. The molecule has 0 bridgehead atoms. The van der Waals surface area contributed by atoms with E-state index in [1.54, 1.807) is 27.8 Å². The molecule has 3 aliphatic rings. The van der Waals surface area contributed by atoms with Gasteiger partial charge in [0, 0.05) is 18.8 Å². The minimum Gasteiger partial charge on any atom is -0.358 e. The summed E-state index contributed by atoms with van der Waals surface area (Å²) in [6, 6.07) is 4.98. The Morgan fingerprint density at radius 2 is 1.85 bits per heavy atom. The van der Waals surface area contributed by atoms with Crippen molar-refractivity contribution in [3.05, 3.63) is 46.2 Å². The van der Waals surface area contributed by atoms with Crippen molar-refractivity contribution in [1.29, 1.82) is 5.26 Å². The Hall–Kier alpha value is -1.79. The smallest absolute Gasteiger partial charge is 0.116 e. The lowest BCUT2D eigenvalue weighted by Gasteiger charge is -2.24. The summed E-state index contributed by atoms with van der Waals surface area (Å²) < 4.78 is 0. The average molecular weight is 364 g/mol. The third kappa shape index (κ3) is 3.65. The van der Waals surface area contributed by atoms with E-state index in [0.717, 1.165) is 56.4 Å². The highest BCUT2D eigenvalue weighted by atomic mass is 15.2. The van der Waals surface area contributed by atoms with E-state index in [1.807, 2.05) is 0 Å². The van der Waals surface area contributed by atoms with Gasteiger partial charge in [-0.25, -0.2) is 0 Å². The molecule has 1 aromatic carbocycles. The zero-order chi connectivity index (χ0) is 19.0. The van der Waals surface area contributed by atoms with Gasteiger partial charge >= 0.3 is 0 Å². The quantitative estimate of drug-likeness (QED) is 0.782. The Bertz CT molecular complexity index is 737. The van der Waals surface area contributed by atoms with Gasteiger partial charge in [-0.2, -0.15) is 5.26 Å². The van der Waals surface area contributed by atoms with E-state index < -0.39 is 0 Å². The van der Waals surface area contributed by atoms with Gasteiger partial charge < -0.3 is 10.2 Å². The van der Waals surface area contributed by atoms with Gasteiger partial charge in [-0.3, -0.25) is 0 Å². The number of nitrogens with one attached hydrogen (secondary N) is 1. The van der Waals surface area contributed by atoms with E-state index in [2.05, 4.69) is 42.8 Å². The molecule has 3 heteroatoms. The Balaban J connectivity index is 1.39. The molecule has 3 unspecified atom stereocenters. The number of hydrogen-bond acceptors (Lipinski definition) is 3. The highest BCUT2D eigenvalue weighted by molar-refractivity contribution is 5.51. The molecule has 3 nitrogen and oxygen atoms in total. The van der Waals surface area contributed by atoms with Gasteiger partial charge in [0.05, 0.1) is 6.07 Å². The summed E-state index contributed by atoms with van der Waals surface area (Å²) in [6.45, 7) is 11.8. The van der Waals surface area contributed by atoms with Crippen LogP contribution in [0.1, 0.15) is 54.5 Å². The highest BCUT2D eigenvalue weighted by Crippen LogP contribution is 2.38. The first-order chi connectivity index (χ1) is 13.1. The third-order valence-electron chi connectivity index (χ3n) is 6.78. The van der Waals surface area contributed by atoms with Gasteiger partial charge in [0.1, 0.15) is 6.04 Å². The predicted molar refractivity (Wildman–Crippen MR) is 111 cm³/mol. The molecule has 4 rings (SSSR count). The summed E-state index contributed by atoms with van der Waals surface area (Å²) in [5.41, 5.74) is 9.32. The average Bonchev–Trinajstić information content (AvgIpc) is 3.33. The van der Waals surface area contributed by atoms with Crippen LogP contribution < -0.4 is 5.32 Å². The molecule has 0 aromatic heterocycles. The van der Waals surface area contributed by atoms with Crippen molar-refractivity contribution in [2.75, 3.05) is 19.6 Å². The molecule has 1 fully saturated rings. The van der Waals surface area contributed by atoms with E-state index in [0.29, 0.717) is 0 Å². The van der Waals surface area contributed by atoms with E-state index in [1.165, 1.54) is 25.7 Å². The van der Waals surface area contributed by atoms with Gasteiger partial charge in [-0.1, -0.05) is 26.5 Å². The number of likely N-dealkylation sites (tertiary alicyclic amines) is 1. The lowest BCUT2D eigenvalue weighted by Crippen LogP contribution is -2.33. The zero-order valence-electron chi connectivity index (χ0n) is 17.0.